The van der Waals surface area contributed by atoms with E-state index in [1.165, 1.54) is 7.11 Å². The number of hydrogen-bond acceptors (Lipinski definition) is 4. The highest BCUT2D eigenvalue weighted by Gasteiger charge is 2.19. The molecule has 64 valence electrons. The molecule has 11 heavy (non-hydrogen) atoms. The molecule has 0 saturated heterocycles. The molecule has 0 aromatic heterocycles. The number of hydroxylamine groups is 1. The quantitative estimate of drug-likeness (QED) is 0.453. The average Bonchev–Trinajstić information content (AvgIpc) is 1.86. The van der Waals surface area contributed by atoms with Crippen molar-refractivity contribution in [2.45, 2.75) is 12.5 Å². The molecule has 0 aliphatic carbocycles. The van der Waals surface area contributed by atoms with Gasteiger partial charge in [0.1, 0.15) is 6.04 Å². The first kappa shape index (κ1) is 9.86. The lowest BCUT2D eigenvalue weighted by molar-refractivity contribution is -0.149. The van der Waals surface area contributed by atoms with E-state index < -0.39 is 24.4 Å². The third-order valence-corrected chi connectivity index (χ3v) is 0.937. The van der Waals surface area contributed by atoms with Crippen LogP contribution in [-0.2, 0) is 14.4 Å². The molecule has 0 aliphatic heterocycles. The molecule has 0 bridgehead atoms. The Morgan fingerprint density at radius 3 is 2.36 bits per heavy atom. The molecule has 0 rings (SSSR count). The van der Waals surface area contributed by atoms with Gasteiger partial charge in [-0.15, -0.1) is 0 Å². The molecule has 3 N–H and O–H groups in total. The van der Waals surface area contributed by atoms with Gasteiger partial charge >= 0.3 is 11.9 Å². The minimum absolute atomic E-state index is 0.511. The Bertz CT molecular complexity index is 157. The molecule has 0 aliphatic rings. The van der Waals surface area contributed by atoms with Crippen molar-refractivity contribution in [1.82, 2.24) is 5.48 Å². The summed E-state index contributed by atoms with van der Waals surface area (Å²) in [5, 5.41) is 16.5. The fourth-order valence-corrected chi connectivity index (χ4v) is 0.496. The Labute approximate surface area is 62.7 Å². The SMILES string of the molecule is CONC(CC(=O)O)C(=O)O. The second kappa shape index (κ2) is 4.64. The molecule has 0 saturated carbocycles. The number of carboxylic acid groups (broad SMARTS) is 2. The minimum atomic E-state index is -1.26. The van der Waals surface area contributed by atoms with E-state index in [1.54, 1.807) is 0 Å². The number of rotatable bonds is 5. The first-order valence-electron chi connectivity index (χ1n) is 2.81. The molecule has 6 nitrogen and oxygen atoms in total. The zero-order valence-electron chi connectivity index (χ0n) is 5.90. The van der Waals surface area contributed by atoms with Crippen LogP contribution in [0.15, 0.2) is 0 Å². The van der Waals surface area contributed by atoms with Crippen LogP contribution >= 0.6 is 0 Å². The van der Waals surface area contributed by atoms with E-state index in [1.807, 2.05) is 5.48 Å². The lowest BCUT2D eigenvalue weighted by Crippen LogP contribution is -2.37. The van der Waals surface area contributed by atoms with Crippen LogP contribution in [0.3, 0.4) is 0 Å². The molecule has 0 radical (unpaired) electrons. The van der Waals surface area contributed by atoms with E-state index in [0.29, 0.717) is 0 Å². The zero-order chi connectivity index (χ0) is 8.85. The summed E-state index contributed by atoms with van der Waals surface area (Å²) in [6.45, 7) is 0. The van der Waals surface area contributed by atoms with Gasteiger partial charge in [-0.3, -0.25) is 9.59 Å². The number of hydrogen-bond donors (Lipinski definition) is 3. The normalized spacial score (nSPS) is 12.5. The predicted octanol–water partition coefficient (Wildman–Crippen LogP) is -0.935. The third-order valence-electron chi connectivity index (χ3n) is 0.937. The van der Waals surface area contributed by atoms with Crippen molar-refractivity contribution in [3.8, 4) is 0 Å². The van der Waals surface area contributed by atoms with Gasteiger partial charge in [0.15, 0.2) is 0 Å². The monoisotopic (exact) mass is 163 g/mol. The van der Waals surface area contributed by atoms with Gasteiger partial charge in [0, 0.05) is 0 Å². The molecule has 0 aromatic rings. The van der Waals surface area contributed by atoms with Crippen molar-refractivity contribution < 1.29 is 24.6 Å². The van der Waals surface area contributed by atoms with Crippen LogP contribution in [0.4, 0.5) is 0 Å². The van der Waals surface area contributed by atoms with E-state index in [0.717, 1.165) is 0 Å². The molecule has 1 atom stereocenters. The Kier molecular flexibility index (Phi) is 4.16. The Balaban J connectivity index is 3.89. The summed E-state index contributed by atoms with van der Waals surface area (Å²) in [6.07, 6.45) is -0.511. The first-order valence-corrected chi connectivity index (χ1v) is 2.81. The summed E-state index contributed by atoms with van der Waals surface area (Å²) in [6, 6.07) is -1.20. The van der Waals surface area contributed by atoms with E-state index >= 15 is 0 Å². The molecular weight excluding hydrogens is 154 g/mol. The predicted molar refractivity (Wildman–Crippen MR) is 33.8 cm³/mol. The van der Waals surface area contributed by atoms with Gasteiger partial charge in [0.05, 0.1) is 13.5 Å². The minimum Gasteiger partial charge on any atom is -0.481 e. The number of carboxylic acids is 2. The molecule has 1 unspecified atom stereocenters. The largest absolute Gasteiger partial charge is 0.481 e. The molecule has 0 aromatic carbocycles. The lowest BCUT2D eigenvalue weighted by atomic mass is 10.2. The maximum atomic E-state index is 10.2. The highest BCUT2D eigenvalue weighted by Crippen LogP contribution is 1.91. The van der Waals surface area contributed by atoms with Crippen LogP contribution in [0, 0.1) is 0 Å². The van der Waals surface area contributed by atoms with Gasteiger partial charge in [0.25, 0.3) is 0 Å². The fraction of sp³-hybridized carbons (Fsp3) is 0.600. The summed E-state index contributed by atoms with van der Waals surface area (Å²) in [7, 11) is 1.22. The summed E-state index contributed by atoms with van der Waals surface area (Å²) in [5.74, 6) is -2.45. The van der Waals surface area contributed by atoms with Gasteiger partial charge < -0.3 is 15.1 Å². The highest BCUT2D eigenvalue weighted by molar-refractivity contribution is 5.80. The van der Waals surface area contributed by atoms with Crippen molar-refractivity contribution in [1.29, 1.82) is 0 Å². The Hall–Kier alpha value is -1.14. The maximum absolute atomic E-state index is 10.2. The van der Waals surface area contributed by atoms with Gasteiger partial charge in [-0.05, 0) is 0 Å². The van der Waals surface area contributed by atoms with Crippen LogP contribution in [-0.4, -0.2) is 35.3 Å². The fourth-order valence-electron chi connectivity index (χ4n) is 0.496. The van der Waals surface area contributed by atoms with E-state index in [4.69, 9.17) is 10.2 Å². The second-order valence-corrected chi connectivity index (χ2v) is 1.81. The molecule has 0 heterocycles. The van der Waals surface area contributed by atoms with Crippen LogP contribution in [0.2, 0.25) is 0 Å². The van der Waals surface area contributed by atoms with Crippen molar-refractivity contribution in [2.75, 3.05) is 7.11 Å². The molecular formula is C5H9NO5. The lowest BCUT2D eigenvalue weighted by Gasteiger charge is -2.08. The van der Waals surface area contributed by atoms with Gasteiger partial charge in [-0.25, -0.2) is 0 Å². The third kappa shape index (κ3) is 4.29. The van der Waals surface area contributed by atoms with E-state index in [2.05, 4.69) is 4.84 Å². The zero-order valence-corrected chi connectivity index (χ0v) is 5.90. The maximum Gasteiger partial charge on any atom is 0.323 e. The topological polar surface area (TPSA) is 95.9 Å². The summed E-state index contributed by atoms with van der Waals surface area (Å²) in [5.41, 5.74) is 2.03. The molecule has 0 amide bonds. The average molecular weight is 163 g/mol. The van der Waals surface area contributed by atoms with Crippen LogP contribution in [0.1, 0.15) is 6.42 Å². The van der Waals surface area contributed by atoms with Crippen molar-refractivity contribution in [3.05, 3.63) is 0 Å². The number of carbonyl (C=O) groups is 2. The Morgan fingerprint density at radius 1 is 1.55 bits per heavy atom. The van der Waals surface area contributed by atoms with Crippen LogP contribution in [0.25, 0.3) is 0 Å². The van der Waals surface area contributed by atoms with Gasteiger partial charge in [0.2, 0.25) is 0 Å². The van der Waals surface area contributed by atoms with Crippen LogP contribution in [0.5, 0.6) is 0 Å². The van der Waals surface area contributed by atoms with E-state index in [9.17, 15) is 9.59 Å². The van der Waals surface area contributed by atoms with Crippen LogP contribution < -0.4 is 5.48 Å². The summed E-state index contributed by atoms with van der Waals surface area (Å²) >= 11 is 0. The number of nitrogens with one attached hydrogen (secondary N) is 1. The second-order valence-electron chi connectivity index (χ2n) is 1.81. The van der Waals surface area contributed by atoms with Crippen molar-refractivity contribution in [3.63, 3.8) is 0 Å². The summed E-state index contributed by atoms with van der Waals surface area (Å²) in [4.78, 5) is 24.5. The molecule has 0 spiro atoms. The summed E-state index contributed by atoms with van der Waals surface area (Å²) < 4.78 is 0. The van der Waals surface area contributed by atoms with Crippen molar-refractivity contribution >= 4 is 11.9 Å². The Morgan fingerprint density at radius 2 is 2.09 bits per heavy atom. The first-order chi connectivity index (χ1) is 5.07. The van der Waals surface area contributed by atoms with E-state index in [-0.39, 0.29) is 0 Å². The van der Waals surface area contributed by atoms with Gasteiger partial charge in [-0.1, -0.05) is 0 Å². The molecule has 0 fully saturated rings. The van der Waals surface area contributed by atoms with Crippen molar-refractivity contribution in [2.24, 2.45) is 0 Å². The molecule has 6 heteroatoms. The number of aliphatic carboxylic acids is 2. The standard InChI is InChI=1S/C5H9NO5/c1-11-6-3(5(9)10)2-4(7)8/h3,6H,2H2,1H3,(H,7,8)(H,9,10). The van der Waals surface area contributed by atoms with Gasteiger partial charge in [-0.2, -0.15) is 5.48 Å². The smallest absolute Gasteiger partial charge is 0.323 e. The highest BCUT2D eigenvalue weighted by atomic mass is 16.6.